The van der Waals surface area contributed by atoms with Crippen LogP contribution in [0.3, 0.4) is 0 Å². The van der Waals surface area contributed by atoms with Crippen molar-refractivity contribution >= 4 is 15.9 Å². The number of rotatable bonds is 0. The minimum absolute atomic E-state index is 0.199. The van der Waals surface area contributed by atoms with Gasteiger partial charge >= 0.3 is 0 Å². The number of benzene rings is 1. The van der Waals surface area contributed by atoms with Crippen molar-refractivity contribution in [3.63, 3.8) is 0 Å². The fourth-order valence-corrected chi connectivity index (χ4v) is 2.82. The second-order valence-electron chi connectivity index (χ2n) is 3.81. The Morgan fingerprint density at radius 3 is 2.77 bits per heavy atom. The second-order valence-corrected chi connectivity index (χ2v) is 4.84. The van der Waals surface area contributed by atoms with Crippen LogP contribution in [0.4, 0.5) is 0 Å². The average Bonchev–Trinajstić information content (AvgIpc) is 2.63. The number of aryl methyl sites for hydroxylation is 2. The fraction of sp³-hybridized carbons (Fsp3) is 0.455. The van der Waals surface area contributed by atoms with Crippen molar-refractivity contribution in [3.05, 3.63) is 28.8 Å². The molecule has 3 rings (SSSR count). The van der Waals surface area contributed by atoms with E-state index >= 15 is 0 Å². The van der Waals surface area contributed by atoms with Crippen LogP contribution < -0.4 is 4.74 Å². The number of hydrogen-bond acceptors (Lipinski definition) is 1. The summed E-state index contributed by atoms with van der Waals surface area (Å²) in [6.07, 6.45) is 4.83. The maximum atomic E-state index is 5.65. The first-order chi connectivity index (χ1) is 6.33. The van der Waals surface area contributed by atoms with Crippen molar-refractivity contribution in [2.75, 3.05) is 0 Å². The Morgan fingerprint density at radius 1 is 1.15 bits per heavy atom. The quantitative estimate of drug-likeness (QED) is 0.632. The van der Waals surface area contributed by atoms with Crippen LogP contribution >= 0.6 is 15.9 Å². The van der Waals surface area contributed by atoms with Crippen molar-refractivity contribution in [2.45, 2.75) is 30.7 Å². The highest BCUT2D eigenvalue weighted by molar-refractivity contribution is 9.09. The fourth-order valence-electron chi connectivity index (χ4n) is 2.27. The maximum absolute atomic E-state index is 5.65. The van der Waals surface area contributed by atoms with Gasteiger partial charge < -0.3 is 4.74 Å². The predicted molar refractivity (Wildman–Crippen MR) is 55.5 cm³/mol. The molecule has 0 spiro atoms. The Kier molecular flexibility index (Phi) is 1.66. The Morgan fingerprint density at radius 2 is 1.92 bits per heavy atom. The Hall–Kier alpha value is -0.500. The molecular formula is C11H11BrO. The zero-order valence-electron chi connectivity index (χ0n) is 7.35. The third-order valence-corrected chi connectivity index (χ3v) is 3.42. The molecule has 0 saturated carbocycles. The van der Waals surface area contributed by atoms with Gasteiger partial charge in [-0.3, -0.25) is 0 Å². The van der Waals surface area contributed by atoms with E-state index in [0.717, 1.165) is 12.2 Å². The van der Waals surface area contributed by atoms with Crippen LogP contribution in [0.15, 0.2) is 12.1 Å². The topological polar surface area (TPSA) is 9.23 Å². The lowest BCUT2D eigenvalue weighted by Gasteiger charge is -2.03. The van der Waals surface area contributed by atoms with Crippen LogP contribution in [0.2, 0.25) is 0 Å². The molecule has 2 heteroatoms. The summed E-state index contributed by atoms with van der Waals surface area (Å²) in [7, 11) is 0. The molecule has 0 saturated heterocycles. The molecule has 13 heavy (non-hydrogen) atoms. The molecule has 1 unspecified atom stereocenters. The van der Waals surface area contributed by atoms with Gasteiger partial charge in [0.25, 0.3) is 0 Å². The monoisotopic (exact) mass is 238 g/mol. The summed E-state index contributed by atoms with van der Waals surface area (Å²) in [5.74, 6) is 1.10. The standard InChI is InChI=1S/C11H11BrO/c12-11-6-9-4-7-2-1-3-8(7)5-10(9)13-11/h4-5,11H,1-3,6H2. The number of alkyl halides is 1. The van der Waals surface area contributed by atoms with Crippen LogP contribution in [-0.4, -0.2) is 5.01 Å². The van der Waals surface area contributed by atoms with E-state index in [0.29, 0.717) is 0 Å². The largest absolute Gasteiger partial charge is 0.479 e. The van der Waals surface area contributed by atoms with Gasteiger partial charge in [0.15, 0.2) is 5.01 Å². The molecule has 1 heterocycles. The van der Waals surface area contributed by atoms with Gasteiger partial charge in [-0.15, -0.1) is 0 Å². The summed E-state index contributed by atoms with van der Waals surface area (Å²) in [5, 5.41) is 0.199. The molecule has 1 aliphatic carbocycles. The second kappa shape index (κ2) is 2.74. The molecule has 0 amide bonds. The first-order valence-corrected chi connectivity index (χ1v) is 5.70. The highest BCUT2D eigenvalue weighted by Gasteiger charge is 2.23. The Balaban J connectivity index is 2.10. The van der Waals surface area contributed by atoms with E-state index < -0.39 is 0 Å². The summed E-state index contributed by atoms with van der Waals surface area (Å²) in [4.78, 5) is 0. The highest BCUT2D eigenvalue weighted by atomic mass is 79.9. The molecule has 0 fully saturated rings. The normalized spacial score (nSPS) is 23.9. The van der Waals surface area contributed by atoms with Crippen molar-refractivity contribution in [2.24, 2.45) is 0 Å². The van der Waals surface area contributed by atoms with Gasteiger partial charge in [0.2, 0.25) is 0 Å². The molecule has 68 valence electrons. The number of ether oxygens (including phenoxy) is 1. The van der Waals surface area contributed by atoms with Crippen molar-refractivity contribution in [3.8, 4) is 5.75 Å². The van der Waals surface area contributed by atoms with Gasteiger partial charge in [0, 0.05) is 6.42 Å². The summed E-state index contributed by atoms with van der Waals surface area (Å²) in [6.45, 7) is 0. The third-order valence-electron chi connectivity index (χ3n) is 2.91. The van der Waals surface area contributed by atoms with E-state index in [2.05, 4.69) is 28.1 Å². The Labute approximate surface area is 86.2 Å². The summed E-state index contributed by atoms with van der Waals surface area (Å²) in [6, 6.07) is 4.57. The predicted octanol–water partition coefficient (Wildman–Crippen LogP) is 2.83. The zero-order chi connectivity index (χ0) is 8.84. The van der Waals surface area contributed by atoms with Crippen molar-refractivity contribution in [1.82, 2.24) is 0 Å². The van der Waals surface area contributed by atoms with Crippen molar-refractivity contribution < 1.29 is 4.74 Å². The minimum atomic E-state index is 0.199. The molecule has 1 aromatic rings. The van der Waals surface area contributed by atoms with E-state index in [4.69, 9.17) is 4.74 Å². The molecule has 1 nitrogen and oxygen atoms in total. The van der Waals surface area contributed by atoms with Crippen LogP contribution in [0.25, 0.3) is 0 Å². The first kappa shape index (κ1) is 7.86. The van der Waals surface area contributed by atoms with E-state index in [1.165, 1.54) is 30.4 Å². The molecule has 0 bridgehead atoms. The van der Waals surface area contributed by atoms with E-state index in [9.17, 15) is 0 Å². The van der Waals surface area contributed by atoms with E-state index in [1.807, 2.05) is 0 Å². The third kappa shape index (κ3) is 1.19. The van der Waals surface area contributed by atoms with Crippen molar-refractivity contribution in [1.29, 1.82) is 0 Å². The van der Waals surface area contributed by atoms with Gasteiger partial charge in [-0.1, -0.05) is 6.07 Å². The van der Waals surface area contributed by atoms with Gasteiger partial charge in [-0.2, -0.15) is 0 Å². The van der Waals surface area contributed by atoms with Crippen LogP contribution in [0.5, 0.6) is 5.75 Å². The SMILES string of the molecule is BrC1Cc2cc3c(cc2O1)CCC3. The zero-order valence-corrected chi connectivity index (χ0v) is 8.93. The van der Waals surface area contributed by atoms with Crippen LogP contribution in [0.1, 0.15) is 23.1 Å². The van der Waals surface area contributed by atoms with Gasteiger partial charge in [0.1, 0.15) is 5.75 Å². The summed E-state index contributed by atoms with van der Waals surface area (Å²) >= 11 is 3.49. The lowest BCUT2D eigenvalue weighted by atomic mass is 10.0. The molecule has 2 aliphatic rings. The van der Waals surface area contributed by atoms with Gasteiger partial charge in [-0.05, 0) is 57.9 Å². The lowest BCUT2D eigenvalue weighted by molar-refractivity contribution is 0.329. The molecule has 0 N–H and O–H groups in total. The molecular weight excluding hydrogens is 228 g/mol. The van der Waals surface area contributed by atoms with E-state index in [-0.39, 0.29) is 5.01 Å². The minimum Gasteiger partial charge on any atom is -0.479 e. The number of hydrogen-bond donors (Lipinski definition) is 0. The number of fused-ring (bicyclic) bond motifs is 2. The first-order valence-electron chi connectivity index (χ1n) is 4.78. The molecule has 1 aliphatic heterocycles. The lowest BCUT2D eigenvalue weighted by Crippen LogP contribution is -2.00. The Bertz CT molecular complexity index is 326. The maximum Gasteiger partial charge on any atom is 0.157 e. The van der Waals surface area contributed by atoms with Crippen LogP contribution in [-0.2, 0) is 19.3 Å². The number of halogens is 1. The van der Waals surface area contributed by atoms with E-state index in [1.54, 1.807) is 5.56 Å². The van der Waals surface area contributed by atoms with Gasteiger partial charge in [0.05, 0.1) is 0 Å². The molecule has 1 aromatic carbocycles. The average molecular weight is 239 g/mol. The van der Waals surface area contributed by atoms with Gasteiger partial charge in [-0.25, -0.2) is 0 Å². The summed E-state index contributed by atoms with van der Waals surface area (Å²) in [5.41, 5.74) is 4.42. The van der Waals surface area contributed by atoms with Crippen LogP contribution in [0, 0.1) is 0 Å². The summed E-state index contributed by atoms with van der Waals surface area (Å²) < 4.78 is 5.65. The smallest absolute Gasteiger partial charge is 0.157 e. The molecule has 1 atom stereocenters. The molecule has 0 radical (unpaired) electrons. The highest BCUT2D eigenvalue weighted by Crippen LogP contribution is 2.36. The molecule has 0 aromatic heterocycles.